The fourth-order valence-electron chi connectivity index (χ4n) is 1.91. The number of rotatable bonds is 5. The van der Waals surface area contributed by atoms with Gasteiger partial charge in [-0.3, -0.25) is 9.44 Å². The van der Waals surface area contributed by atoms with Crippen LogP contribution in [0.2, 0.25) is 5.02 Å². The predicted octanol–water partition coefficient (Wildman–Crippen LogP) is 2.82. The van der Waals surface area contributed by atoms with E-state index in [1.54, 1.807) is 25.1 Å². The van der Waals surface area contributed by atoms with Gasteiger partial charge in [0, 0.05) is 5.69 Å². The third-order valence-electron chi connectivity index (χ3n) is 2.90. The first-order chi connectivity index (χ1) is 10.6. The van der Waals surface area contributed by atoms with Crippen molar-refractivity contribution in [3.05, 3.63) is 53.1 Å². The van der Waals surface area contributed by atoms with E-state index < -0.39 is 20.0 Å². The number of hydrogen-bond acceptors (Lipinski definition) is 4. The van der Waals surface area contributed by atoms with E-state index in [0.717, 1.165) is 6.26 Å². The van der Waals surface area contributed by atoms with Gasteiger partial charge < -0.3 is 0 Å². The molecule has 0 spiro atoms. The van der Waals surface area contributed by atoms with E-state index >= 15 is 0 Å². The maximum absolute atomic E-state index is 12.5. The standard InChI is InChI=1S/C14H15ClN2O4S2/c1-10-7-8-11(16-22(2,18)19)9-14(10)23(20,21)17-13-6-4-3-5-12(13)15/h3-9,16-17H,1-2H3. The minimum Gasteiger partial charge on any atom is -0.284 e. The molecule has 0 radical (unpaired) electrons. The van der Waals surface area contributed by atoms with Crippen molar-refractivity contribution in [3.8, 4) is 0 Å². The number of para-hydroxylation sites is 1. The Morgan fingerprint density at radius 1 is 0.957 bits per heavy atom. The highest BCUT2D eigenvalue weighted by molar-refractivity contribution is 7.93. The first-order valence-corrected chi connectivity index (χ1v) is 10.2. The maximum atomic E-state index is 12.5. The molecular formula is C14H15ClN2O4S2. The van der Waals surface area contributed by atoms with E-state index in [9.17, 15) is 16.8 Å². The zero-order valence-corrected chi connectivity index (χ0v) is 14.8. The molecule has 0 aliphatic rings. The number of benzene rings is 2. The molecule has 0 bridgehead atoms. The largest absolute Gasteiger partial charge is 0.284 e. The van der Waals surface area contributed by atoms with E-state index in [1.165, 1.54) is 24.3 Å². The SMILES string of the molecule is Cc1ccc(NS(C)(=O)=O)cc1S(=O)(=O)Nc1ccccc1Cl. The average molecular weight is 375 g/mol. The van der Waals surface area contributed by atoms with Gasteiger partial charge in [0.25, 0.3) is 10.0 Å². The van der Waals surface area contributed by atoms with Gasteiger partial charge in [-0.25, -0.2) is 16.8 Å². The van der Waals surface area contributed by atoms with Crippen molar-refractivity contribution in [2.75, 3.05) is 15.7 Å². The van der Waals surface area contributed by atoms with Gasteiger partial charge in [0.2, 0.25) is 10.0 Å². The van der Waals surface area contributed by atoms with Crippen molar-refractivity contribution in [2.45, 2.75) is 11.8 Å². The molecule has 0 aliphatic heterocycles. The third-order valence-corrected chi connectivity index (χ3v) is 5.34. The zero-order chi connectivity index (χ0) is 17.3. The van der Waals surface area contributed by atoms with E-state index in [1.807, 2.05) is 0 Å². The van der Waals surface area contributed by atoms with E-state index in [-0.39, 0.29) is 21.3 Å². The summed E-state index contributed by atoms with van der Waals surface area (Å²) in [7, 11) is -7.42. The first-order valence-electron chi connectivity index (χ1n) is 6.44. The molecule has 2 N–H and O–H groups in total. The Morgan fingerprint density at radius 2 is 1.61 bits per heavy atom. The van der Waals surface area contributed by atoms with Gasteiger partial charge in [-0.2, -0.15) is 0 Å². The second-order valence-electron chi connectivity index (χ2n) is 4.94. The first kappa shape index (κ1) is 17.6. The van der Waals surface area contributed by atoms with Crippen LogP contribution in [0.25, 0.3) is 0 Å². The van der Waals surface area contributed by atoms with Crippen LogP contribution in [0.5, 0.6) is 0 Å². The fraction of sp³-hybridized carbons (Fsp3) is 0.143. The Balaban J connectivity index is 2.43. The van der Waals surface area contributed by atoms with Gasteiger partial charge in [0.05, 0.1) is 21.9 Å². The Kier molecular flexibility index (Phi) is 4.88. The minimum atomic E-state index is -3.91. The van der Waals surface area contributed by atoms with Gasteiger partial charge in [-0.15, -0.1) is 0 Å². The van der Waals surface area contributed by atoms with Crippen LogP contribution in [0.4, 0.5) is 11.4 Å². The normalized spacial score (nSPS) is 12.0. The number of anilines is 2. The summed E-state index contributed by atoms with van der Waals surface area (Å²) in [5.74, 6) is 0. The quantitative estimate of drug-likeness (QED) is 0.841. The Morgan fingerprint density at radius 3 is 2.22 bits per heavy atom. The van der Waals surface area contributed by atoms with Crippen LogP contribution in [0, 0.1) is 6.92 Å². The molecule has 0 aromatic heterocycles. The van der Waals surface area contributed by atoms with E-state index in [0.29, 0.717) is 5.56 Å². The lowest BCUT2D eigenvalue weighted by atomic mass is 10.2. The monoisotopic (exact) mass is 374 g/mol. The second kappa shape index (κ2) is 6.38. The van der Waals surface area contributed by atoms with Gasteiger partial charge in [-0.05, 0) is 36.8 Å². The molecule has 0 fully saturated rings. The van der Waals surface area contributed by atoms with Crippen LogP contribution < -0.4 is 9.44 Å². The van der Waals surface area contributed by atoms with Gasteiger partial charge in [0.1, 0.15) is 0 Å². The van der Waals surface area contributed by atoms with E-state index in [2.05, 4.69) is 9.44 Å². The summed E-state index contributed by atoms with van der Waals surface area (Å²) in [6.07, 6.45) is 0.989. The summed E-state index contributed by atoms with van der Waals surface area (Å²) in [4.78, 5) is -0.0360. The number of aryl methyl sites for hydroxylation is 1. The molecule has 2 aromatic rings. The Bertz CT molecular complexity index is 941. The number of sulfonamides is 2. The highest BCUT2D eigenvalue weighted by Gasteiger charge is 2.19. The van der Waals surface area contributed by atoms with Crippen LogP contribution >= 0.6 is 11.6 Å². The molecule has 0 heterocycles. The molecular weight excluding hydrogens is 360 g/mol. The fourth-order valence-corrected chi connectivity index (χ4v) is 4.06. The van der Waals surface area contributed by atoms with Crippen LogP contribution in [0.1, 0.15) is 5.56 Å². The number of halogens is 1. The zero-order valence-electron chi connectivity index (χ0n) is 12.4. The number of nitrogens with one attached hydrogen (secondary N) is 2. The minimum absolute atomic E-state index is 0.0360. The topological polar surface area (TPSA) is 92.3 Å². The van der Waals surface area contributed by atoms with Crippen molar-refractivity contribution in [3.63, 3.8) is 0 Å². The molecule has 2 aromatic carbocycles. The second-order valence-corrected chi connectivity index (χ2v) is 8.75. The molecule has 23 heavy (non-hydrogen) atoms. The molecule has 0 saturated carbocycles. The molecule has 0 aliphatic carbocycles. The molecule has 2 rings (SSSR count). The summed E-state index contributed by atoms with van der Waals surface area (Å²) in [5, 5.41) is 0.263. The smallest absolute Gasteiger partial charge is 0.262 e. The molecule has 9 heteroatoms. The van der Waals surface area contributed by atoms with Gasteiger partial charge in [0.15, 0.2) is 0 Å². The highest BCUT2D eigenvalue weighted by Crippen LogP contribution is 2.27. The lowest BCUT2D eigenvalue weighted by molar-refractivity contribution is 0.599. The van der Waals surface area contributed by atoms with Crippen molar-refractivity contribution in [1.29, 1.82) is 0 Å². The van der Waals surface area contributed by atoms with Crippen LogP contribution in [-0.2, 0) is 20.0 Å². The summed E-state index contributed by atoms with van der Waals surface area (Å²) < 4.78 is 52.3. The van der Waals surface area contributed by atoms with Crippen LogP contribution in [0.15, 0.2) is 47.4 Å². The van der Waals surface area contributed by atoms with Crippen molar-refractivity contribution < 1.29 is 16.8 Å². The molecule has 0 saturated heterocycles. The lowest BCUT2D eigenvalue weighted by Gasteiger charge is -2.13. The average Bonchev–Trinajstić information content (AvgIpc) is 2.42. The van der Waals surface area contributed by atoms with Gasteiger partial charge >= 0.3 is 0 Å². The van der Waals surface area contributed by atoms with Crippen LogP contribution in [-0.4, -0.2) is 23.1 Å². The maximum Gasteiger partial charge on any atom is 0.262 e. The molecule has 0 unspecified atom stereocenters. The molecule has 6 nitrogen and oxygen atoms in total. The van der Waals surface area contributed by atoms with E-state index in [4.69, 9.17) is 11.6 Å². The molecule has 0 atom stereocenters. The van der Waals surface area contributed by atoms with Crippen molar-refractivity contribution >= 4 is 43.0 Å². The summed E-state index contributed by atoms with van der Waals surface area (Å²) in [5.41, 5.74) is 0.885. The Hall–Kier alpha value is -1.77. The van der Waals surface area contributed by atoms with Crippen molar-refractivity contribution in [1.82, 2.24) is 0 Å². The highest BCUT2D eigenvalue weighted by atomic mass is 35.5. The van der Waals surface area contributed by atoms with Crippen LogP contribution in [0.3, 0.4) is 0 Å². The molecule has 0 amide bonds. The Labute approximate surface area is 140 Å². The molecule has 124 valence electrons. The lowest BCUT2D eigenvalue weighted by Crippen LogP contribution is -2.16. The van der Waals surface area contributed by atoms with Gasteiger partial charge in [-0.1, -0.05) is 29.8 Å². The number of hydrogen-bond donors (Lipinski definition) is 2. The predicted molar refractivity (Wildman–Crippen MR) is 91.9 cm³/mol. The summed E-state index contributed by atoms with van der Waals surface area (Å²) >= 11 is 5.96. The van der Waals surface area contributed by atoms with Crippen molar-refractivity contribution in [2.24, 2.45) is 0 Å². The summed E-state index contributed by atoms with van der Waals surface area (Å²) in [6.45, 7) is 1.62. The third kappa shape index (κ3) is 4.60. The summed E-state index contributed by atoms with van der Waals surface area (Å²) in [6, 6.07) is 10.7.